The highest BCUT2D eigenvalue weighted by Crippen LogP contribution is 2.22. The van der Waals surface area contributed by atoms with Crippen LogP contribution in [-0.4, -0.2) is 38.6 Å². The van der Waals surface area contributed by atoms with Crippen molar-refractivity contribution in [3.8, 4) is 0 Å². The Labute approximate surface area is 168 Å². The molecule has 0 heterocycles. The number of ether oxygens (including phenoxy) is 1. The molecule has 0 bridgehead atoms. The molecule has 0 aliphatic heterocycles. The molecule has 0 aromatic heterocycles. The van der Waals surface area contributed by atoms with Crippen LogP contribution in [0.4, 0.5) is 11.4 Å². The second kappa shape index (κ2) is 10.8. The molecule has 0 saturated heterocycles. The Balaban J connectivity index is 1.87. The third-order valence-electron chi connectivity index (χ3n) is 3.53. The van der Waals surface area contributed by atoms with E-state index in [0.29, 0.717) is 40.1 Å². The molecule has 2 aromatic rings. The van der Waals surface area contributed by atoms with E-state index in [1.54, 1.807) is 49.6 Å². The fraction of sp³-hybridized carbons (Fsp3) is 0.263. The summed E-state index contributed by atoms with van der Waals surface area (Å²) in [4.78, 5) is 24.2. The maximum Gasteiger partial charge on any atom is 0.251 e. The van der Waals surface area contributed by atoms with Crippen molar-refractivity contribution in [2.75, 3.05) is 37.4 Å². The molecule has 3 N–H and O–H groups in total. The van der Waals surface area contributed by atoms with E-state index in [-0.39, 0.29) is 18.4 Å². The van der Waals surface area contributed by atoms with E-state index in [1.807, 2.05) is 0 Å². The molecule has 0 aliphatic carbocycles. The third-order valence-corrected chi connectivity index (χ3v) is 3.97. The van der Waals surface area contributed by atoms with Gasteiger partial charge in [0.2, 0.25) is 5.91 Å². The van der Waals surface area contributed by atoms with Gasteiger partial charge in [0.15, 0.2) is 0 Å². The van der Waals surface area contributed by atoms with Gasteiger partial charge in [-0.05, 0) is 42.8 Å². The van der Waals surface area contributed by atoms with E-state index >= 15 is 0 Å². The lowest BCUT2D eigenvalue weighted by molar-refractivity contribution is -0.114. The Hall–Kier alpha value is -2.28. The molecule has 0 radical (unpaired) electrons. The monoisotopic (exact) mass is 409 g/mol. The first-order valence-electron chi connectivity index (χ1n) is 8.35. The molecular weight excluding hydrogens is 389 g/mol. The highest BCUT2D eigenvalue weighted by Gasteiger charge is 2.08. The van der Waals surface area contributed by atoms with Gasteiger partial charge in [0.1, 0.15) is 0 Å². The molecule has 2 aromatic carbocycles. The normalized spacial score (nSPS) is 10.3. The third kappa shape index (κ3) is 7.46. The summed E-state index contributed by atoms with van der Waals surface area (Å²) in [5.74, 6) is -0.461. The zero-order valence-corrected chi connectivity index (χ0v) is 16.4. The fourth-order valence-corrected chi connectivity index (χ4v) is 2.83. The predicted octanol–water partition coefficient (Wildman–Crippen LogP) is 3.81. The molecule has 0 aliphatic rings. The molecule has 6 nitrogen and oxygen atoms in total. The van der Waals surface area contributed by atoms with Crippen LogP contribution >= 0.6 is 23.2 Å². The van der Waals surface area contributed by atoms with Crippen LogP contribution in [0.5, 0.6) is 0 Å². The topological polar surface area (TPSA) is 79.5 Å². The number of hydrogen-bond acceptors (Lipinski definition) is 4. The Morgan fingerprint density at radius 2 is 1.78 bits per heavy atom. The van der Waals surface area contributed by atoms with Crippen molar-refractivity contribution in [2.24, 2.45) is 0 Å². The molecule has 0 spiro atoms. The average Bonchev–Trinajstić information content (AvgIpc) is 2.63. The number of nitrogens with one attached hydrogen (secondary N) is 3. The molecule has 0 unspecified atom stereocenters. The molecule has 27 heavy (non-hydrogen) atoms. The zero-order chi connectivity index (χ0) is 19.6. The predicted molar refractivity (Wildman–Crippen MR) is 109 cm³/mol. The summed E-state index contributed by atoms with van der Waals surface area (Å²) < 4.78 is 4.94. The number of halogens is 2. The maximum absolute atomic E-state index is 12.1. The summed E-state index contributed by atoms with van der Waals surface area (Å²) in [5.41, 5.74) is 1.65. The molecular formula is C19H21Cl2N3O3. The highest BCUT2D eigenvalue weighted by atomic mass is 35.5. The largest absolute Gasteiger partial charge is 0.385 e. The number of rotatable bonds is 9. The van der Waals surface area contributed by atoms with Crippen LogP contribution in [0.15, 0.2) is 42.5 Å². The van der Waals surface area contributed by atoms with Crippen LogP contribution in [-0.2, 0) is 9.53 Å². The van der Waals surface area contributed by atoms with Crippen molar-refractivity contribution in [2.45, 2.75) is 6.42 Å². The fourth-order valence-electron chi connectivity index (χ4n) is 2.30. The maximum atomic E-state index is 12.1. The Bertz CT molecular complexity index is 779. The summed E-state index contributed by atoms with van der Waals surface area (Å²) in [6, 6.07) is 11.7. The molecule has 0 saturated carbocycles. The van der Waals surface area contributed by atoms with E-state index < -0.39 is 0 Å². The number of carbonyl (C=O) groups excluding carboxylic acids is 2. The SMILES string of the molecule is COCCCNC(=O)c1cccc(NC(=O)CNc2cc(Cl)cc(Cl)c2)c1. The van der Waals surface area contributed by atoms with Crippen LogP contribution in [0.1, 0.15) is 16.8 Å². The van der Waals surface area contributed by atoms with Crippen LogP contribution in [0.2, 0.25) is 10.0 Å². The van der Waals surface area contributed by atoms with E-state index in [0.717, 1.165) is 6.42 Å². The van der Waals surface area contributed by atoms with Gasteiger partial charge in [0.25, 0.3) is 5.91 Å². The van der Waals surface area contributed by atoms with Gasteiger partial charge in [-0.2, -0.15) is 0 Å². The van der Waals surface area contributed by atoms with Crippen LogP contribution in [0.3, 0.4) is 0 Å². The number of methoxy groups -OCH3 is 1. The lowest BCUT2D eigenvalue weighted by Gasteiger charge is -2.10. The number of hydrogen-bond donors (Lipinski definition) is 3. The number of amides is 2. The first kappa shape index (κ1) is 21.0. The van der Waals surface area contributed by atoms with Gasteiger partial charge < -0.3 is 20.7 Å². The Morgan fingerprint density at radius 1 is 1.04 bits per heavy atom. The van der Waals surface area contributed by atoms with Crippen molar-refractivity contribution in [1.82, 2.24) is 5.32 Å². The smallest absolute Gasteiger partial charge is 0.251 e. The summed E-state index contributed by atoms with van der Waals surface area (Å²) in [6.45, 7) is 1.14. The Kier molecular flexibility index (Phi) is 8.39. The van der Waals surface area contributed by atoms with Gasteiger partial charge in [-0.15, -0.1) is 0 Å². The van der Waals surface area contributed by atoms with Gasteiger partial charge in [0, 0.05) is 47.2 Å². The van der Waals surface area contributed by atoms with Crippen LogP contribution < -0.4 is 16.0 Å². The van der Waals surface area contributed by atoms with E-state index in [9.17, 15) is 9.59 Å². The van der Waals surface area contributed by atoms with Gasteiger partial charge in [-0.25, -0.2) is 0 Å². The van der Waals surface area contributed by atoms with E-state index in [2.05, 4.69) is 16.0 Å². The quantitative estimate of drug-likeness (QED) is 0.550. The molecule has 2 amide bonds. The van der Waals surface area contributed by atoms with Crippen LogP contribution in [0.25, 0.3) is 0 Å². The molecule has 2 rings (SSSR count). The summed E-state index contributed by atoms with van der Waals surface area (Å²) in [5, 5.41) is 9.46. The van der Waals surface area contributed by atoms with Gasteiger partial charge >= 0.3 is 0 Å². The molecule has 0 fully saturated rings. The minimum atomic E-state index is -0.260. The second-order valence-electron chi connectivity index (χ2n) is 5.74. The lowest BCUT2D eigenvalue weighted by Crippen LogP contribution is -2.25. The van der Waals surface area contributed by atoms with Crippen molar-refractivity contribution >= 4 is 46.4 Å². The van der Waals surface area contributed by atoms with Crippen molar-refractivity contribution in [1.29, 1.82) is 0 Å². The molecule has 8 heteroatoms. The average molecular weight is 410 g/mol. The molecule has 144 valence electrons. The van der Waals surface area contributed by atoms with Gasteiger partial charge in [-0.3, -0.25) is 9.59 Å². The molecule has 0 atom stereocenters. The number of anilines is 2. The van der Waals surface area contributed by atoms with E-state index in [4.69, 9.17) is 27.9 Å². The van der Waals surface area contributed by atoms with Crippen molar-refractivity contribution < 1.29 is 14.3 Å². The summed E-state index contributed by atoms with van der Waals surface area (Å²) in [7, 11) is 1.61. The first-order valence-corrected chi connectivity index (χ1v) is 9.10. The van der Waals surface area contributed by atoms with E-state index in [1.165, 1.54) is 0 Å². The second-order valence-corrected chi connectivity index (χ2v) is 6.62. The highest BCUT2D eigenvalue weighted by molar-refractivity contribution is 6.35. The van der Waals surface area contributed by atoms with Crippen LogP contribution in [0, 0.1) is 0 Å². The minimum Gasteiger partial charge on any atom is -0.385 e. The van der Waals surface area contributed by atoms with Crippen molar-refractivity contribution in [3.63, 3.8) is 0 Å². The number of benzene rings is 2. The van der Waals surface area contributed by atoms with Crippen molar-refractivity contribution in [3.05, 3.63) is 58.1 Å². The minimum absolute atomic E-state index is 0.0319. The Morgan fingerprint density at radius 3 is 2.48 bits per heavy atom. The lowest BCUT2D eigenvalue weighted by atomic mass is 10.2. The van der Waals surface area contributed by atoms with Gasteiger partial charge in [0.05, 0.1) is 6.54 Å². The zero-order valence-electron chi connectivity index (χ0n) is 14.9. The summed E-state index contributed by atoms with van der Waals surface area (Å²) >= 11 is 11.9. The standard InChI is InChI=1S/C19H21Cl2N3O3/c1-27-7-3-6-22-19(26)13-4-2-5-16(8-13)24-18(25)12-23-17-10-14(20)9-15(21)11-17/h2,4-5,8-11,23H,3,6-7,12H2,1H3,(H,22,26)(H,24,25). The summed E-state index contributed by atoms with van der Waals surface area (Å²) in [6.07, 6.45) is 0.734. The number of carbonyl (C=O) groups is 2. The van der Waals surface area contributed by atoms with Gasteiger partial charge in [-0.1, -0.05) is 29.3 Å². The first-order chi connectivity index (χ1) is 13.0.